The number of aromatic nitrogens is 2. The third-order valence-corrected chi connectivity index (χ3v) is 4.13. The molecule has 0 saturated carbocycles. The Bertz CT molecular complexity index is 625. The van der Waals surface area contributed by atoms with Gasteiger partial charge in [0.05, 0.1) is 11.7 Å². The molecule has 100 valence electrons. The van der Waals surface area contributed by atoms with E-state index in [-0.39, 0.29) is 6.04 Å². The number of imidazole rings is 1. The number of fused-ring (bicyclic) bond motifs is 1. The lowest BCUT2D eigenvalue weighted by molar-refractivity contribution is 0.446. The minimum Gasteiger partial charge on any atom is -0.330 e. The molecule has 0 saturated heterocycles. The fourth-order valence-corrected chi connectivity index (χ4v) is 2.97. The van der Waals surface area contributed by atoms with E-state index in [0.717, 1.165) is 30.9 Å². The molecule has 3 heteroatoms. The van der Waals surface area contributed by atoms with Crippen molar-refractivity contribution in [1.82, 2.24) is 9.55 Å². The summed E-state index contributed by atoms with van der Waals surface area (Å²) >= 11 is 0. The average Bonchev–Trinajstić information content (AvgIpc) is 2.72. The first kappa shape index (κ1) is 12.4. The van der Waals surface area contributed by atoms with Gasteiger partial charge in [0.1, 0.15) is 5.82 Å². The zero-order chi connectivity index (χ0) is 13.6. The number of rotatable bonds is 1. The van der Waals surface area contributed by atoms with Crippen LogP contribution in [-0.2, 0) is 6.54 Å². The topological polar surface area (TPSA) is 43.8 Å². The van der Waals surface area contributed by atoms with Gasteiger partial charge in [-0.3, -0.25) is 0 Å². The van der Waals surface area contributed by atoms with Crippen LogP contribution in [0.15, 0.2) is 18.2 Å². The van der Waals surface area contributed by atoms with E-state index in [2.05, 4.69) is 43.5 Å². The van der Waals surface area contributed by atoms with E-state index >= 15 is 0 Å². The molecule has 1 aromatic carbocycles. The number of hydrogen-bond donors (Lipinski definition) is 1. The van der Waals surface area contributed by atoms with Gasteiger partial charge >= 0.3 is 0 Å². The van der Waals surface area contributed by atoms with Gasteiger partial charge in [0.25, 0.3) is 0 Å². The summed E-state index contributed by atoms with van der Waals surface area (Å²) in [6, 6.07) is 6.63. The van der Waals surface area contributed by atoms with Crippen molar-refractivity contribution >= 4 is 0 Å². The Balaban J connectivity index is 2.18. The molecule has 0 fully saturated rings. The Morgan fingerprint density at radius 3 is 2.79 bits per heavy atom. The molecule has 1 atom stereocenters. The standard InChI is InChI=1S/C16H21N3/c1-10-6-7-11(2)13(9-10)15-12(3)19-8-4-5-14(17)16(19)18-15/h6-7,9,14H,4-5,8,17H2,1-3H3. The molecule has 0 aliphatic carbocycles. The Morgan fingerprint density at radius 1 is 1.26 bits per heavy atom. The molecule has 1 aliphatic rings. The zero-order valence-corrected chi connectivity index (χ0v) is 11.9. The van der Waals surface area contributed by atoms with Crippen molar-refractivity contribution in [3.63, 3.8) is 0 Å². The Morgan fingerprint density at radius 2 is 2.05 bits per heavy atom. The monoisotopic (exact) mass is 255 g/mol. The summed E-state index contributed by atoms with van der Waals surface area (Å²) in [4.78, 5) is 4.84. The van der Waals surface area contributed by atoms with E-state index in [1.807, 2.05) is 0 Å². The van der Waals surface area contributed by atoms with Crippen molar-refractivity contribution < 1.29 is 0 Å². The summed E-state index contributed by atoms with van der Waals surface area (Å²) in [6.07, 6.45) is 2.19. The predicted octanol–water partition coefficient (Wildman–Crippen LogP) is 3.27. The second-order valence-corrected chi connectivity index (χ2v) is 5.62. The van der Waals surface area contributed by atoms with Crippen molar-refractivity contribution in [1.29, 1.82) is 0 Å². The minimum atomic E-state index is 0.0892. The van der Waals surface area contributed by atoms with Crippen LogP contribution in [0.4, 0.5) is 0 Å². The number of hydrogen-bond acceptors (Lipinski definition) is 2. The van der Waals surface area contributed by atoms with Gasteiger partial charge in [-0.1, -0.05) is 17.7 Å². The van der Waals surface area contributed by atoms with E-state index in [0.29, 0.717) is 0 Å². The summed E-state index contributed by atoms with van der Waals surface area (Å²) in [5.74, 6) is 1.06. The van der Waals surface area contributed by atoms with Crippen LogP contribution in [0.5, 0.6) is 0 Å². The first-order valence-corrected chi connectivity index (χ1v) is 6.98. The van der Waals surface area contributed by atoms with Crippen LogP contribution < -0.4 is 5.73 Å². The maximum Gasteiger partial charge on any atom is 0.126 e. The first-order valence-electron chi connectivity index (χ1n) is 6.98. The van der Waals surface area contributed by atoms with Crippen LogP contribution in [0.25, 0.3) is 11.3 Å². The van der Waals surface area contributed by atoms with Crippen LogP contribution in [0.1, 0.15) is 41.5 Å². The molecule has 1 aliphatic heterocycles. The Labute approximate surface area is 114 Å². The predicted molar refractivity (Wildman–Crippen MR) is 78.0 cm³/mol. The van der Waals surface area contributed by atoms with Crippen molar-refractivity contribution in [3.05, 3.63) is 40.8 Å². The van der Waals surface area contributed by atoms with Gasteiger partial charge in [-0.15, -0.1) is 0 Å². The van der Waals surface area contributed by atoms with Crippen molar-refractivity contribution in [2.45, 2.75) is 46.2 Å². The molecule has 2 aromatic rings. The maximum atomic E-state index is 6.19. The lowest BCUT2D eigenvalue weighted by Gasteiger charge is -2.20. The van der Waals surface area contributed by atoms with Gasteiger partial charge in [-0.2, -0.15) is 0 Å². The SMILES string of the molecule is Cc1ccc(C)c(-c2nc3n(c2C)CCCC3N)c1. The molecule has 3 rings (SSSR count). The number of benzene rings is 1. The molecule has 1 unspecified atom stereocenters. The summed E-state index contributed by atoms with van der Waals surface area (Å²) in [6.45, 7) is 7.48. The normalized spacial score (nSPS) is 18.4. The van der Waals surface area contributed by atoms with Crippen LogP contribution in [0, 0.1) is 20.8 Å². The first-order chi connectivity index (χ1) is 9.08. The van der Waals surface area contributed by atoms with E-state index in [4.69, 9.17) is 10.7 Å². The van der Waals surface area contributed by atoms with Gasteiger partial charge in [-0.05, 0) is 45.2 Å². The highest BCUT2D eigenvalue weighted by atomic mass is 15.1. The molecular formula is C16H21N3. The van der Waals surface area contributed by atoms with Crippen molar-refractivity contribution in [3.8, 4) is 11.3 Å². The van der Waals surface area contributed by atoms with Crippen LogP contribution >= 0.6 is 0 Å². The molecule has 2 heterocycles. The smallest absolute Gasteiger partial charge is 0.126 e. The van der Waals surface area contributed by atoms with E-state index in [1.165, 1.54) is 22.4 Å². The van der Waals surface area contributed by atoms with Gasteiger partial charge in [0.15, 0.2) is 0 Å². The zero-order valence-electron chi connectivity index (χ0n) is 11.9. The molecule has 1 aromatic heterocycles. The van der Waals surface area contributed by atoms with Gasteiger partial charge < -0.3 is 10.3 Å². The summed E-state index contributed by atoms with van der Waals surface area (Å²) in [7, 11) is 0. The highest BCUT2D eigenvalue weighted by Gasteiger charge is 2.23. The molecule has 19 heavy (non-hydrogen) atoms. The largest absolute Gasteiger partial charge is 0.330 e. The average molecular weight is 255 g/mol. The lowest BCUT2D eigenvalue weighted by atomic mass is 10.0. The number of nitrogens with two attached hydrogens (primary N) is 1. The molecule has 0 radical (unpaired) electrons. The Kier molecular flexibility index (Phi) is 2.94. The second-order valence-electron chi connectivity index (χ2n) is 5.62. The van der Waals surface area contributed by atoms with Crippen molar-refractivity contribution in [2.75, 3.05) is 0 Å². The summed E-state index contributed by atoms with van der Waals surface area (Å²) in [5, 5.41) is 0. The second kappa shape index (κ2) is 4.49. The van der Waals surface area contributed by atoms with E-state index < -0.39 is 0 Å². The fourth-order valence-electron chi connectivity index (χ4n) is 2.97. The minimum absolute atomic E-state index is 0.0892. The lowest BCUT2D eigenvalue weighted by Crippen LogP contribution is -2.22. The Hall–Kier alpha value is -1.61. The highest BCUT2D eigenvalue weighted by Crippen LogP contribution is 2.32. The summed E-state index contributed by atoms with van der Waals surface area (Å²) in [5.41, 5.74) is 12.3. The third-order valence-electron chi connectivity index (χ3n) is 4.13. The fraction of sp³-hybridized carbons (Fsp3) is 0.438. The molecule has 2 N–H and O–H groups in total. The third kappa shape index (κ3) is 1.98. The highest BCUT2D eigenvalue weighted by molar-refractivity contribution is 5.67. The van der Waals surface area contributed by atoms with Crippen LogP contribution in [0.2, 0.25) is 0 Å². The van der Waals surface area contributed by atoms with E-state index in [1.54, 1.807) is 0 Å². The number of aryl methyl sites for hydroxylation is 2. The van der Waals surface area contributed by atoms with Gasteiger partial charge in [0.2, 0.25) is 0 Å². The van der Waals surface area contributed by atoms with Crippen LogP contribution in [0.3, 0.4) is 0 Å². The van der Waals surface area contributed by atoms with Gasteiger partial charge in [-0.25, -0.2) is 4.98 Å². The molecule has 0 amide bonds. The van der Waals surface area contributed by atoms with E-state index in [9.17, 15) is 0 Å². The molecule has 0 bridgehead atoms. The molecular weight excluding hydrogens is 234 g/mol. The molecule has 3 nitrogen and oxygen atoms in total. The summed E-state index contributed by atoms with van der Waals surface area (Å²) < 4.78 is 2.30. The van der Waals surface area contributed by atoms with Gasteiger partial charge in [0, 0.05) is 17.8 Å². The molecule has 0 spiro atoms. The maximum absolute atomic E-state index is 6.19. The van der Waals surface area contributed by atoms with Crippen molar-refractivity contribution in [2.24, 2.45) is 5.73 Å². The number of nitrogens with zero attached hydrogens (tertiary/aromatic N) is 2. The quantitative estimate of drug-likeness (QED) is 0.850. The van der Waals surface area contributed by atoms with Crippen LogP contribution in [-0.4, -0.2) is 9.55 Å².